The second-order valence-corrected chi connectivity index (χ2v) is 5.07. The smallest absolute Gasteiger partial charge is 0.322 e. The standard InChI is InChI=1S/C14H27NO2/c1-3-4-5-6-11-13(14(16)17-2)15-12-9-7-8-10-12/h12-13,15H,3-11H2,1-2H3. The number of hydrogen-bond donors (Lipinski definition) is 1. The summed E-state index contributed by atoms with van der Waals surface area (Å²) in [6, 6.07) is 0.449. The number of hydrogen-bond acceptors (Lipinski definition) is 3. The van der Waals surface area contributed by atoms with Crippen LogP contribution in [0.4, 0.5) is 0 Å². The molecule has 0 aromatic heterocycles. The molecule has 1 aliphatic carbocycles. The van der Waals surface area contributed by atoms with Crippen molar-refractivity contribution in [1.82, 2.24) is 5.32 Å². The normalized spacial score (nSPS) is 18.2. The molecule has 0 spiro atoms. The molecule has 0 aliphatic heterocycles. The van der Waals surface area contributed by atoms with E-state index < -0.39 is 0 Å². The van der Waals surface area contributed by atoms with Gasteiger partial charge in [0.2, 0.25) is 0 Å². The highest BCUT2D eigenvalue weighted by atomic mass is 16.5. The molecule has 0 bridgehead atoms. The molecule has 0 saturated heterocycles. The molecule has 1 atom stereocenters. The van der Waals surface area contributed by atoms with Crippen LogP contribution in [0.15, 0.2) is 0 Å². The number of carbonyl (C=O) groups is 1. The first-order valence-corrected chi connectivity index (χ1v) is 7.11. The third kappa shape index (κ3) is 5.53. The Labute approximate surface area is 105 Å². The molecule has 0 heterocycles. The van der Waals surface area contributed by atoms with Crippen molar-refractivity contribution in [2.75, 3.05) is 7.11 Å². The van der Waals surface area contributed by atoms with Crippen LogP contribution in [-0.2, 0) is 9.53 Å². The van der Waals surface area contributed by atoms with Crippen LogP contribution in [0.3, 0.4) is 0 Å². The van der Waals surface area contributed by atoms with Crippen LogP contribution in [0.25, 0.3) is 0 Å². The maximum Gasteiger partial charge on any atom is 0.322 e. The zero-order chi connectivity index (χ0) is 12.5. The molecular weight excluding hydrogens is 214 g/mol. The molecule has 1 aliphatic rings. The second-order valence-electron chi connectivity index (χ2n) is 5.07. The van der Waals surface area contributed by atoms with E-state index in [-0.39, 0.29) is 12.0 Å². The lowest BCUT2D eigenvalue weighted by molar-refractivity contribution is -0.143. The highest BCUT2D eigenvalue weighted by molar-refractivity contribution is 5.75. The van der Waals surface area contributed by atoms with Gasteiger partial charge in [-0.2, -0.15) is 0 Å². The molecule has 1 saturated carbocycles. The number of ether oxygens (including phenoxy) is 1. The largest absolute Gasteiger partial charge is 0.468 e. The zero-order valence-corrected chi connectivity index (χ0v) is 11.3. The van der Waals surface area contributed by atoms with Gasteiger partial charge in [0.1, 0.15) is 6.04 Å². The number of methoxy groups -OCH3 is 1. The summed E-state index contributed by atoms with van der Waals surface area (Å²) in [5.41, 5.74) is 0. The van der Waals surface area contributed by atoms with Gasteiger partial charge in [-0.3, -0.25) is 4.79 Å². The SMILES string of the molecule is CCCCCCC(NC1CCCC1)C(=O)OC. The van der Waals surface area contributed by atoms with Gasteiger partial charge in [0.05, 0.1) is 7.11 Å². The first kappa shape index (κ1) is 14.5. The van der Waals surface area contributed by atoms with E-state index in [0.29, 0.717) is 6.04 Å². The highest BCUT2D eigenvalue weighted by Crippen LogP contribution is 2.19. The van der Waals surface area contributed by atoms with Gasteiger partial charge in [-0.15, -0.1) is 0 Å². The Kier molecular flexibility index (Phi) is 7.25. The van der Waals surface area contributed by atoms with Gasteiger partial charge in [-0.25, -0.2) is 0 Å². The summed E-state index contributed by atoms with van der Waals surface area (Å²) >= 11 is 0. The molecule has 1 unspecified atom stereocenters. The molecule has 1 N–H and O–H groups in total. The Morgan fingerprint density at radius 3 is 2.59 bits per heavy atom. The summed E-state index contributed by atoms with van der Waals surface area (Å²) < 4.78 is 4.88. The van der Waals surface area contributed by atoms with Crippen LogP contribution < -0.4 is 5.32 Å². The van der Waals surface area contributed by atoms with Gasteiger partial charge in [-0.1, -0.05) is 45.4 Å². The van der Waals surface area contributed by atoms with Gasteiger partial charge in [0.25, 0.3) is 0 Å². The van der Waals surface area contributed by atoms with E-state index in [1.807, 2.05) is 0 Å². The summed E-state index contributed by atoms with van der Waals surface area (Å²) in [5.74, 6) is -0.0894. The van der Waals surface area contributed by atoms with Gasteiger partial charge in [0, 0.05) is 6.04 Å². The number of unbranched alkanes of at least 4 members (excludes halogenated alkanes) is 3. The lowest BCUT2D eigenvalue weighted by atomic mass is 10.1. The Morgan fingerprint density at radius 2 is 2.00 bits per heavy atom. The van der Waals surface area contributed by atoms with Crippen molar-refractivity contribution < 1.29 is 9.53 Å². The molecule has 3 heteroatoms. The third-order valence-electron chi connectivity index (χ3n) is 3.62. The maximum atomic E-state index is 11.7. The molecule has 100 valence electrons. The van der Waals surface area contributed by atoms with Gasteiger partial charge < -0.3 is 10.1 Å². The summed E-state index contributed by atoms with van der Waals surface area (Å²) in [5, 5.41) is 3.47. The average Bonchev–Trinajstić information content (AvgIpc) is 2.85. The minimum atomic E-state index is -0.0894. The van der Waals surface area contributed by atoms with Crippen molar-refractivity contribution in [3.05, 3.63) is 0 Å². The van der Waals surface area contributed by atoms with Crippen LogP contribution in [-0.4, -0.2) is 25.2 Å². The molecule has 0 amide bonds. The predicted octanol–water partition coefficient (Wildman–Crippen LogP) is 3.03. The van der Waals surface area contributed by atoms with Crippen molar-refractivity contribution in [2.45, 2.75) is 76.8 Å². The van der Waals surface area contributed by atoms with Crippen LogP contribution in [0.5, 0.6) is 0 Å². The lowest BCUT2D eigenvalue weighted by Crippen LogP contribution is -2.42. The summed E-state index contributed by atoms with van der Waals surface area (Å²) in [4.78, 5) is 11.7. The molecule has 1 fully saturated rings. The van der Waals surface area contributed by atoms with Crippen LogP contribution in [0.1, 0.15) is 64.7 Å². The van der Waals surface area contributed by atoms with Crippen LogP contribution in [0, 0.1) is 0 Å². The first-order valence-electron chi connectivity index (χ1n) is 7.11. The maximum absolute atomic E-state index is 11.7. The molecule has 0 radical (unpaired) electrons. The Bertz CT molecular complexity index is 212. The number of carbonyl (C=O) groups excluding carboxylic acids is 1. The lowest BCUT2D eigenvalue weighted by Gasteiger charge is -2.20. The Hall–Kier alpha value is -0.570. The average molecular weight is 241 g/mol. The first-order chi connectivity index (χ1) is 8.27. The van der Waals surface area contributed by atoms with Crippen molar-refractivity contribution in [3.8, 4) is 0 Å². The Balaban J connectivity index is 2.28. The van der Waals surface area contributed by atoms with Gasteiger partial charge >= 0.3 is 5.97 Å². The fourth-order valence-electron chi connectivity index (χ4n) is 2.56. The fourth-order valence-corrected chi connectivity index (χ4v) is 2.56. The van der Waals surface area contributed by atoms with E-state index in [0.717, 1.165) is 12.8 Å². The molecular formula is C14H27NO2. The second kappa shape index (κ2) is 8.51. The predicted molar refractivity (Wildman–Crippen MR) is 70.0 cm³/mol. The molecule has 0 aromatic rings. The topological polar surface area (TPSA) is 38.3 Å². The van der Waals surface area contributed by atoms with Crippen molar-refractivity contribution in [2.24, 2.45) is 0 Å². The number of nitrogens with one attached hydrogen (secondary N) is 1. The fraction of sp³-hybridized carbons (Fsp3) is 0.929. The summed E-state index contributed by atoms with van der Waals surface area (Å²) in [6.07, 6.45) is 10.8. The zero-order valence-electron chi connectivity index (χ0n) is 11.3. The van der Waals surface area contributed by atoms with E-state index in [1.165, 1.54) is 52.1 Å². The van der Waals surface area contributed by atoms with E-state index in [2.05, 4.69) is 12.2 Å². The molecule has 3 nitrogen and oxygen atoms in total. The molecule has 0 aromatic carbocycles. The van der Waals surface area contributed by atoms with E-state index in [1.54, 1.807) is 0 Å². The van der Waals surface area contributed by atoms with Gasteiger partial charge in [-0.05, 0) is 19.3 Å². The molecule has 1 rings (SSSR count). The minimum absolute atomic E-state index is 0.0834. The molecule has 17 heavy (non-hydrogen) atoms. The van der Waals surface area contributed by atoms with Gasteiger partial charge in [0.15, 0.2) is 0 Å². The Morgan fingerprint density at radius 1 is 1.29 bits per heavy atom. The minimum Gasteiger partial charge on any atom is -0.468 e. The van der Waals surface area contributed by atoms with E-state index in [9.17, 15) is 4.79 Å². The van der Waals surface area contributed by atoms with Crippen molar-refractivity contribution >= 4 is 5.97 Å². The third-order valence-corrected chi connectivity index (χ3v) is 3.62. The van der Waals surface area contributed by atoms with Crippen molar-refractivity contribution in [3.63, 3.8) is 0 Å². The number of esters is 1. The van der Waals surface area contributed by atoms with Crippen molar-refractivity contribution in [1.29, 1.82) is 0 Å². The monoisotopic (exact) mass is 241 g/mol. The summed E-state index contributed by atoms with van der Waals surface area (Å²) in [7, 11) is 1.48. The van der Waals surface area contributed by atoms with E-state index in [4.69, 9.17) is 4.74 Å². The quantitative estimate of drug-likeness (QED) is 0.524. The van der Waals surface area contributed by atoms with E-state index >= 15 is 0 Å². The van der Waals surface area contributed by atoms with Crippen LogP contribution in [0.2, 0.25) is 0 Å². The highest BCUT2D eigenvalue weighted by Gasteiger charge is 2.24. The number of rotatable bonds is 8. The summed E-state index contributed by atoms with van der Waals surface area (Å²) in [6.45, 7) is 2.20. The van der Waals surface area contributed by atoms with Crippen LogP contribution >= 0.6 is 0 Å².